The van der Waals surface area contributed by atoms with Gasteiger partial charge in [0, 0.05) is 24.3 Å². The van der Waals surface area contributed by atoms with Crippen molar-refractivity contribution in [1.82, 2.24) is 15.6 Å². The maximum atomic E-state index is 5.78. The van der Waals surface area contributed by atoms with Gasteiger partial charge >= 0.3 is 0 Å². The van der Waals surface area contributed by atoms with Crippen LogP contribution >= 0.6 is 0 Å². The molecule has 0 aliphatic rings. The van der Waals surface area contributed by atoms with E-state index in [2.05, 4.69) is 48.3 Å². The van der Waals surface area contributed by atoms with E-state index >= 15 is 0 Å². The molecule has 0 saturated carbocycles. The lowest BCUT2D eigenvalue weighted by Gasteiger charge is -2.23. The molecule has 1 aromatic carbocycles. The number of guanidine groups is 1. The zero-order valence-electron chi connectivity index (χ0n) is 15.5. The summed E-state index contributed by atoms with van der Waals surface area (Å²) in [5.41, 5.74) is 2.14. The number of rotatable bonds is 6. The minimum Gasteiger partial charge on any atom is -0.473 e. The topological polar surface area (TPSA) is 58.5 Å². The summed E-state index contributed by atoms with van der Waals surface area (Å²) >= 11 is 0. The molecule has 5 nitrogen and oxygen atoms in total. The van der Waals surface area contributed by atoms with E-state index in [1.54, 1.807) is 6.20 Å². The Morgan fingerprint density at radius 3 is 2.56 bits per heavy atom. The van der Waals surface area contributed by atoms with E-state index in [1.807, 2.05) is 42.5 Å². The first-order valence-corrected chi connectivity index (χ1v) is 8.64. The Morgan fingerprint density at radius 2 is 1.88 bits per heavy atom. The minimum absolute atomic E-state index is 0.0385. The first-order valence-electron chi connectivity index (χ1n) is 8.64. The normalized spacial score (nSPS) is 11.9. The molecule has 25 heavy (non-hydrogen) atoms. The Balaban J connectivity index is 1.98. The minimum atomic E-state index is -0.0385. The molecule has 0 atom stereocenters. The van der Waals surface area contributed by atoms with Crippen LogP contribution in [0.2, 0.25) is 0 Å². The fraction of sp³-hybridized carbons (Fsp3) is 0.400. The zero-order valence-corrected chi connectivity index (χ0v) is 15.5. The molecule has 5 heteroatoms. The van der Waals surface area contributed by atoms with Crippen molar-refractivity contribution in [2.45, 2.75) is 46.4 Å². The quantitative estimate of drug-likeness (QED) is 0.624. The monoisotopic (exact) mass is 340 g/mol. The molecule has 0 amide bonds. The van der Waals surface area contributed by atoms with Gasteiger partial charge in [-0.15, -0.1) is 0 Å². The van der Waals surface area contributed by atoms with Gasteiger partial charge in [0.05, 0.1) is 6.54 Å². The van der Waals surface area contributed by atoms with Crippen molar-refractivity contribution in [3.8, 4) is 5.88 Å². The molecule has 134 valence electrons. The standard InChI is InChI=1S/C20H28N4O/c1-5-21-19(24-20(2,3)4)23-14-17-11-12-22-18(13-17)25-15-16-9-7-6-8-10-16/h6-13H,5,14-15H2,1-4H3,(H2,21,23,24). The van der Waals surface area contributed by atoms with Crippen LogP contribution in [0.5, 0.6) is 5.88 Å². The second kappa shape index (κ2) is 9.06. The molecule has 2 rings (SSSR count). The Bertz CT molecular complexity index is 678. The zero-order chi connectivity index (χ0) is 18.1. The summed E-state index contributed by atoms with van der Waals surface area (Å²) in [4.78, 5) is 8.91. The molecular weight excluding hydrogens is 312 g/mol. The third kappa shape index (κ3) is 7.25. The Kier molecular flexibility index (Phi) is 6.81. The fourth-order valence-electron chi connectivity index (χ4n) is 2.19. The SMILES string of the molecule is CCNC(=NCc1ccnc(OCc2ccccc2)c1)NC(C)(C)C. The van der Waals surface area contributed by atoms with Crippen molar-refractivity contribution in [1.29, 1.82) is 0 Å². The highest BCUT2D eigenvalue weighted by atomic mass is 16.5. The van der Waals surface area contributed by atoms with Crippen molar-refractivity contribution >= 4 is 5.96 Å². The van der Waals surface area contributed by atoms with Gasteiger partial charge in [-0.2, -0.15) is 0 Å². The molecular formula is C20H28N4O. The van der Waals surface area contributed by atoms with Crippen molar-refractivity contribution in [2.24, 2.45) is 4.99 Å². The summed E-state index contributed by atoms with van der Waals surface area (Å²) in [6, 6.07) is 14.0. The van der Waals surface area contributed by atoms with E-state index in [0.29, 0.717) is 19.0 Å². The van der Waals surface area contributed by atoms with Crippen LogP contribution in [0.25, 0.3) is 0 Å². The first-order chi connectivity index (χ1) is 12.0. The Hall–Kier alpha value is -2.56. The van der Waals surface area contributed by atoms with Crippen molar-refractivity contribution in [3.05, 3.63) is 59.8 Å². The number of benzene rings is 1. The van der Waals surface area contributed by atoms with E-state index in [9.17, 15) is 0 Å². The number of aliphatic imine (C=N–C) groups is 1. The lowest BCUT2D eigenvalue weighted by atomic mass is 10.1. The van der Waals surface area contributed by atoms with Crippen LogP contribution < -0.4 is 15.4 Å². The molecule has 2 aromatic rings. The van der Waals surface area contributed by atoms with E-state index in [-0.39, 0.29) is 5.54 Å². The summed E-state index contributed by atoms with van der Waals surface area (Å²) in [5.74, 6) is 1.42. The van der Waals surface area contributed by atoms with Crippen LogP contribution in [0.4, 0.5) is 0 Å². The smallest absolute Gasteiger partial charge is 0.213 e. The summed E-state index contributed by atoms with van der Waals surface area (Å²) < 4.78 is 5.78. The first kappa shape index (κ1) is 18.8. The molecule has 1 heterocycles. The predicted octanol–water partition coefficient (Wildman–Crippen LogP) is 3.51. The second-order valence-corrected chi connectivity index (χ2v) is 6.85. The van der Waals surface area contributed by atoms with Gasteiger partial charge in [0.25, 0.3) is 0 Å². The number of nitrogens with one attached hydrogen (secondary N) is 2. The molecule has 0 bridgehead atoms. The lowest BCUT2D eigenvalue weighted by molar-refractivity contribution is 0.293. The van der Waals surface area contributed by atoms with Gasteiger partial charge in [-0.3, -0.25) is 0 Å². The third-order valence-corrected chi connectivity index (χ3v) is 3.29. The summed E-state index contributed by atoms with van der Waals surface area (Å²) in [6.07, 6.45) is 1.76. The molecule has 2 N–H and O–H groups in total. The number of pyridine rings is 1. The summed E-state index contributed by atoms with van der Waals surface area (Å²) in [5, 5.41) is 6.64. The van der Waals surface area contributed by atoms with Gasteiger partial charge in [0.1, 0.15) is 6.61 Å². The van der Waals surface area contributed by atoms with Crippen molar-refractivity contribution in [3.63, 3.8) is 0 Å². The highest BCUT2D eigenvalue weighted by molar-refractivity contribution is 5.80. The molecule has 1 aromatic heterocycles. The Morgan fingerprint density at radius 1 is 1.12 bits per heavy atom. The van der Waals surface area contributed by atoms with Crippen LogP contribution in [0.15, 0.2) is 53.7 Å². The number of ether oxygens (including phenoxy) is 1. The Labute approximate surface area is 150 Å². The molecule has 0 unspecified atom stereocenters. The average molecular weight is 340 g/mol. The molecule has 0 saturated heterocycles. The largest absolute Gasteiger partial charge is 0.473 e. The fourth-order valence-corrected chi connectivity index (χ4v) is 2.19. The number of hydrogen-bond acceptors (Lipinski definition) is 3. The van der Waals surface area contributed by atoms with E-state index < -0.39 is 0 Å². The van der Waals surface area contributed by atoms with Crippen LogP contribution in [-0.2, 0) is 13.2 Å². The highest BCUT2D eigenvalue weighted by Crippen LogP contribution is 2.12. The van der Waals surface area contributed by atoms with Crippen LogP contribution in [0.3, 0.4) is 0 Å². The van der Waals surface area contributed by atoms with E-state index in [0.717, 1.165) is 23.6 Å². The maximum Gasteiger partial charge on any atom is 0.213 e. The third-order valence-electron chi connectivity index (χ3n) is 3.29. The molecule has 0 fully saturated rings. The second-order valence-electron chi connectivity index (χ2n) is 6.85. The van der Waals surface area contributed by atoms with Gasteiger partial charge in [-0.1, -0.05) is 30.3 Å². The van der Waals surface area contributed by atoms with Crippen LogP contribution in [0.1, 0.15) is 38.8 Å². The average Bonchev–Trinajstić information content (AvgIpc) is 2.58. The summed E-state index contributed by atoms with van der Waals surface area (Å²) in [7, 11) is 0. The molecule has 0 spiro atoms. The molecule has 0 aliphatic carbocycles. The van der Waals surface area contributed by atoms with Gasteiger partial charge in [0.2, 0.25) is 5.88 Å². The van der Waals surface area contributed by atoms with E-state index in [4.69, 9.17) is 4.74 Å². The van der Waals surface area contributed by atoms with Gasteiger partial charge in [-0.25, -0.2) is 9.98 Å². The van der Waals surface area contributed by atoms with Gasteiger partial charge in [0.15, 0.2) is 5.96 Å². The van der Waals surface area contributed by atoms with Crippen molar-refractivity contribution < 1.29 is 4.74 Å². The summed E-state index contributed by atoms with van der Waals surface area (Å²) in [6.45, 7) is 10.3. The predicted molar refractivity (Wildman–Crippen MR) is 103 cm³/mol. The lowest BCUT2D eigenvalue weighted by Crippen LogP contribution is -2.47. The maximum absolute atomic E-state index is 5.78. The van der Waals surface area contributed by atoms with Gasteiger partial charge < -0.3 is 15.4 Å². The van der Waals surface area contributed by atoms with Crippen LogP contribution in [0, 0.1) is 0 Å². The molecule has 0 radical (unpaired) electrons. The van der Waals surface area contributed by atoms with E-state index in [1.165, 1.54) is 0 Å². The van der Waals surface area contributed by atoms with Crippen molar-refractivity contribution in [2.75, 3.05) is 6.54 Å². The number of nitrogens with zero attached hydrogens (tertiary/aromatic N) is 2. The number of aromatic nitrogens is 1. The number of hydrogen-bond donors (Lipinski definition) is 2. The van der Waals surface area contributed by atoms with Crippen LogP contribution in [-0.4, -0.2) is 23.0 Å². The highest BCUT2D eigenvalue weighted by Gasteiger charge is 2.11. The van der Waals surface area contributed by atoms with Gasteiger partial charge in [-0.05, 0) is 44.9 Å². The molecule has 0 aliphatic heterocycles.